The Kier molecular flexibility index (Phi) is 1.95. The van der Waals surface area contributed by atoms with Crippen LogP contribution in [0.1, 0.15) is 39.0 Å². The summed E-state index contributed by atoms with van der Waals surface area (Å²) in [5.74, 6) is 0.728. The van der Waals surface area contributed by atoms with Crippen molar-refractivity contribution in [1.29, 1.82) is 0 Å². The molecule has 0 aromatic heterocycles. The van der Waals surface area contributed by atoms with Gasteiger partial charge < -0.3 is 9.47 Å². The van der Waals surface area contributed by atoms with E-state index in [0.717, 1.165) is 19.3 Å². The number of carbonyl (C=O) groups excluding carboxylic acids is 1. The largest absolute Gasteiger partial charge is 0.460 e. The van der Waals surface area contributed by atoms with E-state index in [1.54, 1.807) is 0 Å². The molecule has 0 unspecified atom stereocenters. The highest BCUT2D eigenvalue weighted by atomic mass is 16.7. The number of epoxide rings is 1. The Morgan fingerprint density at radius 1 is 1.44 bits per heavy atom. The maximum atomic E-state index is 11.9. The summed E-state index contributed by atoms with van der Waals surface area (Å²) < 4.78 is 11.1. The Bertz CT molecular complexity index is 437. The van der Waals surface area contributed by atoms with Gasteiger partial charge in [0, 0.05) is 5.92 Å². The van der Waals surface area contributed by atoms with E-state index in [4.69, 9.17) is 9.47 Å². The molecule has 3 nitrogen and oxygen atoms in total. The molecular weight excluding hydrogens is 228 g/mol. The lowest BCUT2D eigenvalue weighted by Gasteiger charge is -2.49. The Labute approximate surface area is 108 Å². The third kappa shape index (κ3) is 1.21. The van der Waals surface area contributed by atoms with Crippen LogP contribution in [0, 0.1) is 17.3 Å². The highest BCUT2D eigenvalue weighted by Crippen LogP contribution is 2.60. The Morgan fingerprint density at radius 2 is 2.22 bits per heavy atom. The van der Waals surface area contributed by atoms with Crippen molar-refractivity contribution >= 4 is 5.97 Å². The van der Waals surface area contributed by atoms with Crippen LogP contribution < -0.4 is 0 Å². The number of hydrogen-bond donors (Lipinski definition) is 0. The van der Waals surface area contributed by atoms with Crippen molar-refractivity contribution in [2.75, 3.05) is 6.61 Å². The van der Waals surface area contributed by atoms with Crippen LogP contribution in [0.4, 0.5) is 0 Å². The zero-order chi connectivity index (χ0) is 12.5. The fourth-order valence-electron chi connectivity index (χ4n) is 4.68. The van der Waals surface area contributed by atoms with Crippen molar-refractivity contribution in [2.24, 2.45) is 17.3 Å². The molecule has 4 rings (SSSR count). The lowest BCUT2D eigenvalue weighted by molar-refractivity contribution is -0.146. The van der Waals surface area contributed by atoms with Crippen molar-refractivity contribution < 1.29 is 14.3 Å². The Morgan fingerprint density at radius 3 is 2.94 bits per heavy atom. The molecule has 2 heterocycles. The minimum absolute atomic E-state index is 0.0900. The fourth-order valence-corrected chi connectivity index (χ4v) is 4.68. The summed E-state index contributed by atoms with van der Waals surface area (Å²) in [6, 6.07) is 0. The van der Waals surface area contributed by atoms with Gasteiger partial charge in [-0.25, -0.2) is 4.79 Å². The molecule has 0 N–H and O–H groups in total. The molecule has 1 spiro atoms. The molecule has 5 atom stereocenters. The molecule has 0 aromatic rings. The van der Waals surface area contributed by atoms with Crippen molar-refractivity contribution in [3.05, 3.63) is 12.2 Å². The molecule has 0 radical (unpaired) electrons. The predicted octanol–water partition coefficient (Wildman–Crippen LogP) is 2.45. The molecule has 2 saturated carbocycles. The molecule has 3 heteroatoms. The molecule has 0 amide bonds. The van der Waals surface area contributed by atoms with Gasteiger partial charge in [-0.05, 0) is 43.4 Å². The molecule has 18 heavy (non-hydrogen) atoms. The second-order valence-electron chi connectivity index (χ2n) is 6.89. The quantitative estimate of drug-likeness (QED) is 0.375. The van der Waals surface area contributed by atoms with E-state index >= 15 is 0 Å². The van der Waals surface area contributed by atoms with Gasteiger partial charge in [0.2, 0.25) is 0 Å². The Balaban J connectivity index is 1.68. The second kappa shape index (κ2) is 3.19. The summed E-state index contributed by atoms with van der Waals surface area (Å²) in [5.41, 5.74) is 1.12. The third-order valence-electron chi connectivity index (χ3n) is 5.84. The number of esters is 1. The van der Waals surface area contributed by atoms with E-state index in [2.05, 4.69) is 13.5 Å². The molecule has 0 bridgehead atoms. The SMILES string of the molecule is C=C1CCC[C@@]2(C)C[C@@H]3OC(=O)[C@]4(CO4)[C@@H]3C[C@H]12. The fraction of sp³-hybridized carbons (Fsp3) is 0.800. The zero-order valence-corrected chi connectivity index (χ0v) is 10.9. The standard InChI is InChI=1S/C15H20O3/c1-9-4-3-5-14(2)7-12-11(6-10(9)14)15(8-17-15)13(16)18-12/h10-12H,1,3-8H2,2H3/t10-,11-,12+,14+,15+/m1/s1. The maximum Gasteiger partial charge on any atom is 0.341 e. The van der Waals surface area contributed by atoms with E-state index in [1.165, 1.54) is 18.4 Å². The number of rotatable bonds is 0. The number of carbonyl (C=O) groups is 1. The highest BCUT2D eigenvalue weighted by Gasteiger charge is 2.70. The number of allylic oxidation sites excluding steroid dienone is 1. The summed E-state index contributed by atoms with van der Waals surface area (Å²) in [6.45, 7) is 7.20. The molecule has 2 saturated heterocycles. The summed E-state index contributed by atoms with van der Waals surface area (Å²) in [6.07, 6.45) is 5.75. The van der Waals surface area contributed by atoms with Gasteiger partial charge in [-0.15, -0.1) is 0 Å². The summed E-state index contributed by atoms with van der Waals surface area (Å²) in [4.78, 5) is 11.9. The van der Waals surface area contributed by atoms with E-state index in [0.29, 0.717) is 12.5 Å². The molecule has 4 fully saturated rings. The minimum Gasteiger partial charge on any atom is -0.460 e. The topological polar surface area (TPSA) is 38.8 Å². The van der Waals surface area contributed by atoms with Crippen molar-refractivity contribution in [3.63, 3.8) is 0 Å². The number of fused-ring (bicyclic) bond motifs is 3. The highest BCUT2D eigenvalue weighted by molar-refractivity contribution is 5.85. The van der Waals surface area contributed by atoms with Crippen LogP contribution in [0.15, 0.2) is 12.2 Å². The van der Waals surface area contributed by atoms with Gasteiger partial charge in [-0.2, -0.15) is 0 Å². The third-order valence-corrected chi connectivity index (χ3v) is 5.84. The van der Waals surface area contributed by atoms with Gasteiger partial charge in [0.1, 0.15) is 6.10 Å². The molecule has 4 aliphatic rings. The smallest absolute Gasteiger partial charge is 0.341 e. The molecule has 98 valence electrons. The predicted molar refractivity (Wildman–Crippen MR) is 65.9 cm³/mol. The maximum absolute atomic E-state index is 11.9. The average molecular weight is 248 g/mol. The number of ether oxygens (including phenoxy) is 2. The lowest BCUT2D eigenvalue weighted by atomic mass is 9.55. The zero-order valence-electron chi connectivity index (χ0n) is 10.9. The summed E-state index contributed by atoms with van der Waals surface area (Å²) in [5, 5.41) is 0. The molecule has 2 aliphatic heterocycles. The van der Waals surface area contributed by atoms with Gasteiger partial charge in [0.15, 0.2) is 5.60 Å². The van der Waals surface area contributed by atoms with Gasteiger partial charge in [-0.3, -0.25) is 0 Å². The van der Waals surface area contributed by atoms with E-state index in [-0.39, 0.29) is 23.4 Å². The summed E-state index contributed by atoms with van der Waals surface area (Å²) >= 11 is 0. The van der Waals surface area contributed by atoms with Crippen LogP contribution in [0.2, 0.25) is 0 Å². The summed E-state index contributed by atoms with van der Waals surface area (Å²) in [7, 11) is 0. The molecular formula is C15H20O3. The Hall–Kier alpha value is -0.830. The lowest BCUT2D eigenvalue weighted by Crippen LogP contribution is -2.46. The van der Waals surface area contributed by atoms with Gasteiger partial charge in [0.05, 0.1) is 6.61 Å². The van der Waals surface area contributed by atoms with E-state index in [1.807, 2.05) is 0 Å². The van der Waals surface area contributed by atoms with Crippen molar-refractivity contribution in [2.45, 2.75) is 50.7 Å². The second-order valence-corrected chi connectivity index (χ2v) is 6.89. The van der Waals surface area contributed by atoms with E-state index in [9.17, 15) is 4.79 Å². The average Bonchev–Trinajstić information content (AvgIpc) is 3.04. The number of hydrogen-bond acceptors (Lipinski definition) is 3. The van der Waals surface area contributed by atoms with Crippen molar-refractivity contribution in [1.82, 2.24) is 0 Å². The minimum atomic E-state index is -0.552. The van der Waals surface area contributed by atoms with Gasteiger partial charge in [0.25, 0.3) is 0 Å². The first-order valence-electron chi connectivity index (χ1n) is 7.08. The van der Waals surface area contributed by atoms with Gasteiger partial charge in [-0.1, -0.05) is 19.1 Å². The first-order valence-corrected chi connectivity index (χ1v) is 7.08. The van der Waals surface area contributed by atoms with Crippen LogP contribution in [0.25, 0.3) is 0 Å². The normalized spacial score (nSPS) is 53.9. The van der Waals surface area contributed by atoms with Crippen LogP contribution >= 0.6 is 0 Å². The first-order chi connectivity index (χ1) is 8.55. The van der Waals surface area contributed by atoms with Crippen LogP contribution in [-0.4, -0.2) is 24.3 Å². The first kappa shape index (κ1) is 11.0. The molecule has 2 aliphatic carbocycles. The monoisotopic (exact) mass is 248 g/mol. The van der Waals surface area contributed by atoms with Crippen molar-refractivity contribution in [3.8, 4) is 0 Å². The molecule has 0 aromatic carbocycles. The van der Waals surface area contributed by atoms with Crippen LogP contribution in [0.3, 0.4) is 0 Å². The van der Waals surface area contributed by atoms with Crippen LogP contribution in [-0.2, 0) is 14.3 Å². The van der Waals surface area contributed by atoms with Gasteiger partial charge >= 0.3 is 5.97 Å². The van der Waals surface area contributed by atoms with Crippen LogP contribution in [0.5, 0.6) is 0 Å². The van der Waals surface area contributed by atoms with E-state index < -0.39 is 5.60 Å².